The Morgan fingerprint density at radius 1 is 1.24 bits per heavy atom. The van der Waals surface area contributed by atoms with Gasteiger partial charge in [0.05, 0.1) is 10.6 Å². The third-order valence-electron chi connectivity index (χ3n) is 3.56. The number of halogens is 1. The highest BCUT2D eigenvalue weighted by atomic mass is 35.5. The molecule has 0 bridgehead atoms. The van der Waals surface area contributed by atoms with Crippen molar-refractivity contribution in [1.82, 2.24) is 15.1 Å². The van der Waals surface area contributed by atoms with Gasteiger partial charge < -0.3 is 5.32 Å². The highest BCUT2D eigenvalue weighted by molar-refractivity contribution is 6.31. The molecule has 0 unspecified atom stereocenters. The molecule has 0 aliphatic heterocycles. The van der Waals surface area contributed by atoms with Crippen LogP contribution in [0.3, 0.4) is 0 Å². The second kappa shape index (κ2) is 7.14. The normalized spacial score (nSPS) is 10.4. The average Bonchev–Trinajstić information content (AvgIpc) is 3.14. The van der Waals surface area contributed by atoms with Crippen LogP contribution in [-0.4, -0.2) is 20.6 Å². The van der Waals surface area contributed by atoms with Gasteiger partial charge in [0.2, 0.25) is 0 Å². The first-order valence-corrected chi connectivity index (χ1v) is 7.73. The molecule has 0 aliphatic carbocycles. The molecule has 0 saturated carbocycles. The van der Waals surface area contributed by atoms with Crippen LogP contribution >= 0.6 is 11.6 Å². The molecule has 1 heterocycles. The molecule has 0 spiro atoms. The van der Waals surface area contributed by atoms with Crippen LogP contribution < -0.4 is 5.32 Å². The van der Waals surface area contributed by atoms with E-state index in [-0.39, 0.29) is 22.8 Å². The fourth-order valence-electron chi connectivity index (χ4n) is 2.31. The van der Waals surface area contributed by atoms with E-state index in [2.05, 4.69) is 10.4 Å². The minimum atomic E-state index is -0.625. The Kier molecular flexibility index (Phi) is 4.76. The Bertz CT molecular complexity index is 908. The maximum Gasteiger partial charge on any atom is 0.283 e. The molecule has 1 amide bonds. The molecule has 1 N–H and O–H groups in total. The van der Waals surface area contributed by atoms with E-state index in [1.54, 1.807) is 10.9 Å². The Morgan fingerprint density at radius 3 is 2.64 bits per heavy atom. The van der Waals surface area contributed by atoms with Gasteiger partial charge in [0.25, 0.3) is 11.6 Å². The zero-order chi connectivity index (χ0) is 17.8. The number of carbonyl (C=O) groups excluding carboxylic acids is 1. The molecule has 7 nitrogen and oxygen atoms in total. The van der Waals surface area contributed by atoms with Crippen molar-refractivity contribution < 1.29 is 9.72 Å². The molecule has 0 atom stereocenters. The minimum Gasteiger partial charge on any atom is -0.348 e. The summed E-state index contributed by atoms with van der Waals surface area (Å²) in [6.45, 7) is 0.248. The number of aromatic nitrogens is 2. The van der Waals surface area contributed by atoms with Gasteiger partial charge in [-0.15, -0.1) is 0 Å². The Morgan fingerprint density at radius 2 is 2.00 bits per heavy atom. The highest BCUT2D eigenvalue weighted by Gasteiger charge is 2.20. The first kappa shape index (κ1) is 16.7. The van der Waals surface area contributed by atoms with Crippen molar-refractivity contribution in [2.45, 2.75) is 6.54 Å². The van der Waals surface area contributed by atoms with Gasteiger partial charge in [-0.25, -0.2) is 4.68 Å². The van der Waals surface area contributed by atoms with E-state index in [9.17, 15) is 14.9 Å². The van der Waals surface area contributed by atoms with Crippen molar-refractivity contribution >= 4 is 23.2 Å². The minimum absolute atomic E-state index is 0.0254. The van der Waals surface area contributed by atoms with Crippen LogP contribution in [0.15, 0.2) is 60.9 Å². The van der Waals surface area contributed by atoms with E-state index >= 15 is 0 Å². The molecule has 0 radical (unpaired) electrons. The molecule has 0 aliphatic rings. The lowest BCUT2D eigenvalue weighted by atomic mass is 10.1. The Labute approximate surface area is 148 Å². The van der Waals surface area contributed by atoms with Gasteiger partial charge in [0.15, 0.2) is 0 Å². The van der Waals surface area contributed by atoms with Crippen molar-refractivity contribution in [1.29, 1.82) is 0 Å². The number of benzene rings is 2. The Hall–Kier alpha value is -3.19. The van der Waals surface area contributed by atoms with Gasteiger partial charge in [-0.05, 0) is 35.9 Å². The van der Waals surface area contributed by atoms with E-state index in [4.69, 9.17) is 11.6 Å². The number of carbonyl (C=O) groups is 1. The number of hydrogen-bond acceptors (Lipinski definition) is 4. The van der Waals surface area contributed by atoms with Crippen molar-refractivity contribution in [2.24, 2.45) is 0 Å². The Balaban J connectivity index is 1.69. The highest BCUT2D eigenvalue weighted by Crippen LogP contribution is 2.23. The number of nitro benzene ring substituents is 1. The third kappa shape index (κ3) is 3.84. The summed E-state index contributed by atoms with van der Waals surface area (Å²) in [5.74, 6) is -0.528. The number of nitrogens with zero attached hydrogens (tertiary/aromatic N) is 3. The summed E-state index contributed by atoms with van der Waals surface area (Å²) in [6, 6.07) is 13.2. The fourth-order valence-corrected chi connectivity index (χ4v) is 2.48. The molecular weight excluding hydrogens is 344 g/mol. The van der Waals surface area contributed by atoms with Crippen molar-refractivity contribution in [3.63, 3.8) is 0 Å². The van der Waals surface area contributed by atoms with Crippen LogP contribution in [0, 0.1) is 10.1 Å². The van der Waals surface area contributed by atoms with Crippen LogP contribution in [0.2, 0.25) is 5.02 Å². The summed E-state index contributed by atoms with van der Waals surface area (Å²) in [4.78, 5) is 22.7. The number of hydrogen-bond donors (Lipinski definition) is 1. The summed E-state index contributed by atoms with van der Waals surface area (Å²) in [5, 5.41) is 18.1. The van der Waals surface area contributed by atoms with E-state index in [0.717, 1.165) is 17.3 Å². The summed E-state index contributed by atoms with van der Waals surface area (Å²) in [5.41, 5.74) is 1.41. The summed E-state index contributed by atoms with van der Waals surface area (Å²) in [7, 11) is 0. The molecule has 0 fully saturated rings. The summed E-state index contributed by atoms with van der Waals surface area (Å²) < 4.78 is 1.72. The second-order valence-electron chi connectivity index (χ2n) is 5.22. The van der Waals surface area contributed by atoms with E-state index in [1.807, 2.05) is 36.5 Å². The lowest BCUT2D eigenvalue weighted by molar-refractivity contribution is -0.385. The van der Waals surface area contributed by atoms with Gasteiger partial charge >= 0.3 is 0 Å². The molecule has 3 rings (SSSR count). The van der Waals surface area contributed by atoms with Crippen LogP contribution in [0.1, 0.15) is 15.9 Å². The number of amides is 1. The van der Waals surface area contributed by atoms with E-state index < -0.39 is 10.8 Å². The van der Waals surface area contributed by atoms with Gasteiger partial charge in [-0.1, -0.05) is 23.7 Å². The first-order valence-electron chi connectivity index (χ1n) is 7.36. The number of nitro groups is 1. The van der Waals surface area contributed by atoms with Gasteiger partial charge in [0, 0.05) is 30.0 Å². The third-order valence-corrected chi connectivity index (χ3v) is 3.79. The maximum atomic E-state index is 12.2. The van der Waals surface area contributed by atoms with Crippen LogP contribution in [0.5, 0.6) is 0 Å². The zero-order valence-corrected chi connectivity index (χ0v) is 13.7. The van der Waals surface area contributed by atoms with Crippen LogP contribution in [0.25, 0.3) is 5.69 Å². The van der Waals surface area contributed by atoms with Gasteiger partial charge in [-0.3, -0.25) is 14.9 Å². The predicted octanol–water partition coefficient (Wildman–Crippen LogP) is 3.36. The van der Waals surface area contributed by atoms with Crippen LogP contribution in [0.4, 0.5) is 5.69 Å². The monoisotopic (exact) mass is 356 g/mol. The van der Waals surface area contributed by atoms with Crippen molar-refractivity contribution in [2.75, 3.05) is 0 Å². The van der Waals surface area contributed by atoms with Gasteiger partial charge in [-0.2, -0.15) is 5.10 Å². The SMILES string of the molecule is O=C(NCc1ccc(-n2cccn2)cc1)c1ccc(Cl)cc1[N+](=O)[O-]. The standard InChI is InChI=1S/C17H13ClN4O3/c18-13-4-7-15(16(10-13)22(24)25)17(23)19-11-12-2-5-14(6-3-12)21-9-1-8-20-21/h1-10H,11H2,(H,19,23). The second-order valence-corrected chi connectivity index (χ2v) is 5.65. The van der Waals surface area contributed by atoms with Crippen LogP contribution in [-0.2, 0) is 6.54 Å². The average molecular weight is 357 g/mol. The van der Waals surface area contributed by atoms with Gasteiger partial charge in [0.1, 0.15) is 5.56 Å². The zero-order valence-electron chi connectivity index (χ0n) is 12.9. The van der Waals surface area contributed by atoms with Crippen molar-refractivity contribution in [3.8, 4) is 5.69 Å². The molecule has 0 saturated heterocycles. The number of nitrogens with one attached hydrogen (secondary N) is 1. The maximum absolute atomic E-state index is 12.2. The molecular formula is C17H13ClN4O3. The van der Waals surface area contributed by atoms with Crippen molar-refractivity contribution in [3.05, 3.63) is 87.2 Å². The van der Waals surface area contributed by atoms with E-state index in [1.165, 1.54) is 12.1 Å². The molecule has 25 heavy (non-hydrogen) atoms. The number of rotatable bonds is 5. The van der Waals surface area contributed by atoms with E-state index in [0.29, 0.717) is 0 Å². The molecule has 2 aromatic carbocycles. The quantitative estimate of drug-likeness (QED) is 0.560. The molecule has 3 aromatic rings. The molecule has 8 heteroatoms. The molecule has 1 aromatic heterocycles. The smallest absolute Gasteiger partial charge is 0.283 e. The molecule has 126 valence electrons. The summed E-state index contributed by atoms with van der Waals surface area (Å²) >= 11 is 5.75. The predicted molar refractivity (Wildman–Crippen MR) is 92.8 cm³/mol. The largest absolute Gasteiger partial charge is 0.348 e. The topological polar surface area (TPSA) is 90.1 Å². The first-order chi connectivity index (χ1) is 12.0. The summed E-state index contributed by atoms with van der Waals surface area (Å²) in [6.07, 6.45) is 3.52. The fraction of sp³-hybridized carbons (Fsp3) is 0.0588. The lowest BCUT2D eigenvalue weighted by Gasteiger charge is -2.07. The lowest BCUT2D eigenvalue weighted by Crippen LogP contribution is -2.23.